The van der Waals surface area contributed by atoms with Gasteiger partial charge in [0.1, 0.15) is 24.1 Å². The van der Waals surface area contributed by atoms with Crippen molar-refractivity contribution in [3.63, 3.8) is 0 Å². The van der Waals surface area contributed by atoms with Crippen molar-refractivity contribution < 1.29 is 22.6 Å². The Bertz CT molecular complexity index is 1140. The van der Waals surface area contributed by atoms with Gasteiger partial charge in [-0.1, -0.05) is 0 Å². The predicted octanol–water partition coefficient (Wildman–Crippen LogP) is 4.49. The first kappa shape index (κ1) is 25.1. The minimum absolute atomic E-state index is 0.313. The summed E-state index contributed by atoms with van der Waals surface area (Å²) in [5, 5.41) is 6.40. The van der Waals surface area contributed by atoms with Gasteiger partial charge in [0.25, 0.3) is 0 Å². The van der Waals surface area contributed by atoms with E-state index in [2.05, 4.69) is 10.6 Å². The van der Waals surface area contributed by atoms with Crippen LogP contribution in [0, 0.1) is 5.92 Å². The Morgan fingerprint density at radius 3 is 2.49 bits per heavy atom. The number of nitrogens with one attached hydrogen (secondary N) is 2. The lowest BCUT2D eigenvalue weighted by Gasteiger charge is -2.27. The van der Waals surface area contributed by atoms with Crippen LogP contribution in [0.3, 0.4) is 0 Å². The number of anilines is 1. The quantitative estimate of drug-likeness (QED) is 0.433. The maximum Gasteiger partial charge on any atom is 0.404 e. The van der Waals surface area contributed by atoms with Crippen LogP contribution in [0.25, 0.3) is 22.2 Å². The van der Waals surface area contributed by atoms with Gasteiger partial charge in [-0.05, 0) is 63.0 Å². The fraction of sp³-hybridized carbons (Fsp3) is 0.423. The summed E-state index contributed by atoms with van der Waals surface area (Å²) in [6.45, 7) is 2.17. The molecule has 0 bridgehead atoms. The van der Waals surface area contributed by atoms with Crippen molar-refractivity contribution >= 4 is 16.6 Å². The minimum atomic E-state index is -4.29. The van der Waals surface area contributed by atoms with Gasteiger partial charge in [0.05, 0.1) is 18.3 Å². The van der Waals surface area contributed by atoms with Crippen molar-refractivity contribution in [3.8, 4) is 22.8 Å². The van der Waals surface area contributed by atoms with Gasteiger partial charge in [-0.25, -0.2) is 4.98 Å². The molecule has 1 aliphatic heterocycles. The molecule has 0 amide bonds. The van der Waals surface area contributed by atoms with E-state index < -0.39 is 18.1 Å². The van der Waals surface area contributed by atoms with Gasteiger partial charge >= 0.3 is 6.18 Å². The molecule has 6 nitrogen and oxygen atoms in total. The molecule has 2 unspecified atom stereocenters. The Morgan fingerprint density at radius 2 is 1.83 bits per heavy atom. The molecule has 0 spiro atoms. The summed E-state index contributed by atoms with van der Waals surface area (Å²) in [6, 6.07) is 13.8. The van der Waals surface area contributed by atoms with E-state index in [0.29, 0.717) is 31.9 Å². The van der Waals surface area contributed by atoms with Crippen LogP contribution < -0.4 is 25.0 Å². The number of nitrogens with zero attached hydrogens (tertiary/aromatic N) is 2. The second-order valence-electron chi connectivity index (χ2n) is 8.69. The van der Waals surface area contributed by atoms with Crippen molar-refractivity contribution in [1.29, 1.82) is 0 Å². The van der Waals surface area contributed by atoms with Gasteiger partial charge in [0.15, 0.2) is 0 Å². The molecule has 0 saturated carbocycles. The monoisotopic (exact) mass is 488 g/mol. The van der Waals surface area contributed by atoms with E-state index >= 15 is 0 Å². The van der Waals surface area contributed by atoms with Crippen molar-refractivity contribution in [2.45, 2.75) is 18.6 Å². The normalized spacial score (nSPS) is 17.1. The molecular weight excluding hydrogens is 457 g/mol. The number of pyridine rings is 1. The highest BCUT2D eigenvalue weighted by molar-refractivity contribution is 5.95. The number of rotatable bonds is 9. The molecule has 1 saturated heterocycles. The maximum atomic E-state index is 13.5. The third-order valence-corrected chi connectivity index (χ3v) is 6.47. The molecule has 188 valence electrons. The molecule has 35 heavy (non-hydrogen) atoms. The first-order valence-corrected chi connectivity index (χ1v) is 11.7. The van der Waals surface area contributed by atoms with Gasteiger partial charge in [0, 0.05) is 48.3 Å². The number of aromatic nitrogens is 1. The van der Waals surface area contributed by atoms with E-state index in [1.54, 1.807) is 7.11 Å². The van der Waals surface area contributed by atoms with Gasteiger partial charge in [0.2, 0.25) is 0 Å². The molecule has 0 radical (unpaired) electrons. The molecular formula is C26H31F3N4O2. The first-order chi connectivity index (χ1) is 16.8. The number of alkyl halides is 3. The third-order valence-electron chi connectivity index (χ3n) is 6.47. The van der Waals surface area contributed by atoms with Gasteiger partial charge in [-0.15, -0.1) is 0 Å². The van der Waals surface area contributed by atoms with E-state index in [1.165, 1.54) is 7.05 Å². The van der Waals surface area contributed by atoms with Gasteiger partial charge in [-0.2, -0.15) is 13.2 Å². The highest BCUT2D eigenvalue weighted by Gasteiger charge is 2.45. The second-order valence-corrected chi connectivity index (χ2v) is 8.69. The molecule has 1 aliphatic rings. The molecule has 2 heterocycles. The lowest BCUT2D eigenvalue weighted by molar-refractivity contribution is -0.164. The van der Waals surface area contributed by atoms with Crippen molar-refractivity contribution in [3.05, 3.63) is 48.5 Å². The number of fused-ring (bicyclic) bond motifs is 1. The number of methoxy groups -OCH3 is 1. The molecule has 4 rings (SSSR count). The van der Waals surface area contributed by atoms with Crippen LogP contribution in [-0.4, -0.2) is 64.6 Å². The van der Waals surface area contributed by atoms with Crippen LogP contribution in [0.15, 0.2) is 48.5 Å². The molecule has 1 fully saturated rings. The topological polar surface area (TPSA) is 58.7 Å². The minimum Gasteiger partial charge on any atom is -0.497 e. The number of hydrogen-bond acceptors (Lipinski definition) is 6. The van der Waals surface area contributed by atoms with Crippen molar-refractivity contribution in [2.75, 3.05) is 52.3 Å². The Kier molecular flexibility index (Phi) is 7.66. The highest BCUT2D eigenvalue weighted by atomic mass is 19.4. The molecule has 2 atom stereocenters. The largest absolute Gasteiger partial charge is 0.497 e. The standard InChI is InChI=1S/C26H31F3N4O2/c1-30-11-13-35-19-6-4-17(5-7-19)22-15-24(21-9-8-20(34-3)14-23(21)32-22)33-12-10-18(16-33)25(31-2)26(27,28)29/h4-9,14-15,18,25,30-31H,10-13,16H2,1-3H3. The summed E-state index contributed by atoms with van der Waals surface area (Å²) < 4.78 is 51.7. The fourth-order valence-corrected chi connectivity index (χ4v) is 4.66. The number of benzene rings is 2. The van der Waals surface area contributed by atoms with Crippen LogP contribution in [-0.2, 0) is 0 Å². The van der Waals surface area contributed by atoms with Crippen molar-refractivity contribution in [1.82, 2.24) is 15.6 Å². The zero-order valence-electron chi connectivity index (χ0n) is 20.2. The lowest BCUT2D eigenvalue weighted by Crippen LogP contribution is -2.46. The summed E-state index contributed by atoms with van der Waals surface area (Å²) >= 11 is 0. The smallest absolute Gasteiger partial charge is 0.404 e. The summed E-state index contributed by atoms with van der Waals surface area (Å²) in [5.74, 6) is 0.909. The van der Waals surface area contributed by atoms with Crippen LogP contribution >= 0.6 is 0 Å². The van der Waals surface area contributed by atoms with Gasteiger partial charge < -0.3 is 25.0 Å². The Labute approximate surface area is 203 Å². The van der Waals surface area contributed by atoms with Crippen LogP contribution in [0.4, 0.5) is 18.9 Å². The fourth-order valence-electron chi connectivity index (χ4n) is 4.66. The predicted molar refractivity (Wildman–Crippen MR) is 132 cm³/mol. The third kappa shape index (κ3) is 5.62. The molecule has 2 N–H and O–H groups in total. The van der Waals surface area contributed by atoms with Crippen LogP contribution in [0.1, 0.15) is 6.42 Å². The summed E-state index contributed by atoms with van der Waals surface area (Å²) in [4.78, 5) is 6.89. The Balaban J connectivity index is 1.68. The number of halogens is 3. The van der Waals surface area contributed by atoms with Gasteiger partial charge in [-0.3, -0.25) is 0 Å². The van der Waals surface area contributed by atoms with E-state index in [0.717, 1.165) is 40.1 Å². The molecule has 2 aromatic carbocycles. The average Bonchev–Trinajstić information content (AvgIpc) is 3.32. The maximum absolute atomic E-state index is 13.5. The van der Waals surface area contributed by atoms with Crippen LogP contribution in [0.5, 0.6) is 11.5 Å². The lowest BCUT2D eigenvalue weighted by atomic mass is 9.98. The number of ether oxygens (including phenoxy) is 2. The molecule has 0 aliphatic carbocycles. The average molecular weight is 489 g/mol. The van der Waals surface area contributed by atoms with E-state index in [-0.39, 0.29) is 0 Å². The van der Waals surface area contributed by atoms with E-state index in [4.69, 9.17) is 14.5 Å². The first-order valence-electron chi connectivity index (χ1n) is 11.7. The van der Waals surface area contributed by atoms with Crippen LogP contribution in [0.2, 0.25) is 0 Å². The molecule has 9 heteroatoms. The second kappa shape index (κ2) is 10.7. The summed E-state index contributed by atoms with van der Waals surface area (Å²) in [7, 11) is 4.84. The summed E-state index contributed by atoms with van der Waals surface area (Å²) in [6.07, 6.45) is -3.83. The summed E-state index contributed by atoms with van der Waals surface area (Å²) in [5.41, 5.74) is 3.25. The molecule has 1 aromatic heterocycles. The molecule has 3 aromatic rings. The zero-order chi connectivity index (χ0) is 25.0. The SMILES string of the molecule is CNCCOc1ccc(-c2cc(N3CCC(C(NC)C(F)(F)F)C3)c3ccc(OC)cc3n2)cc1. The zero-order valence-corrected chi connectivity index (χ0v) is 20.2. The number of likely N-dealkylation sites (N-methyl/N-ethyl adjacent to an activating group) is 1. The van der Waals surface area contributed by atoms with E-state index in [9.17, 15) is 13.2 Å². The van der Waals surface area contributed by atoms with Crippen molar-refractivity contribution in [2.24, 2.45) is 5.92 Å². The Hall–Kier alpha value is -3.04. The Morgan fingerprint density at radius 1 is 1.09 bits per heavy atom. The highest BCUT2D eigenvalue weighted by Crippen LogP contribution is 2.38. The van der Waals surface area contributed by atoms with E-state index in [1.807, 2.05) is 60.5 Å². The number of hydrogen-bond donors (Lipinski definition) is 2.